The molecule has 2 aromatic rings. The summed E-state index contributed by atoms with van der Waals surface area (Å²) < 4.78 is 5.22. The smallest absolute Gasteiger partial charge is 0.237 e. The lowest BCUT2D eigenvalue weighted by atomic mass is 10.2. The zero-order chi connectivity index (χ0) is 14.4. The molecule has 106 valence electrons. The first-order valence-electron chi connectivity index (χ1n) is 6.25. The first-order valence-corrected chi connectivity index (χ1v) is 7.23. The van der Waals surface area contributed by atoms with Crippen molar-refractivity contribution in [3.8, 4) is 5.88 Å². The van der Waals surface area contributed by atoms with Crippen LogP contribution in [0.4, 0.5) is 0 Å². The van der Waals surface area contributed by atoms with Gasteiger partial charge in [-0.1, -0.05) is 17.7 Å². The molecule has 1 aromatic carbocycles. The van der Waals surface area contributed by atoms with Crippen molar-refractivity contribution in [2.75, 3.05) is 12.9 Å². The predicted octanol–water partition coefficient (Wildman–Crippen LogP) is 2.09. The molecule has 0 bridgehead atoms. The molecule has 1 aromatic heterocycles. The maximum absolute atomic E-state index is 5.64. The van der Waals surface area contributed by atoms with Crippen LogP contribution in [0.1, 0.15) is 17.3 Å². The molecule has 3 N–H and O–H groups in total. The first-order chi connectivity index (χ1) is 9.74. The average molecular weight is 290 g/mol. The van der Waals surface area contributed by atoms with Crippen molar-refractivity contribution in [2.24, 2.45) is 5.84 Å². The minimum atomic E-state index is -0.121. The van der Waals surface area contributed by atoms with Crippen LogP contribution in [0.2, 0.25) is 0 Å². The van der Waals surface area contributed by atoms with Crippen molar-refractivity contribution in [1.82, 2.24) is 15.4 Å². The topological polar surface area (TPSA) is 73.1 Å². The molecule has 0 aliphatic rings. The van der Waals surface area contributed by atoms with E-state index in [9.17, 15) is 0 Å². The SMILES string of the molecule is COc1nccnc1C(CSc1cccc(C)c1)NN. The summed E-state index contributed by atoms with van der Waals surface area (Å²) in [6.45, 7) is 2.08. The number of nitrogens with two attached hydrogens (primary N) is 1. The number of benzene rings is 1. The van der Waals surface area contributed by atoms with Gasteiger partial charge in [0.15, 0.2) is 0 Å². The number of rotatable bonds is 6. The lowest BCUT2D eigenvalue weighted by Gasteiger charge is -2.16. The first kappa shape index (κ1) is 14.8. The maximum Gasteiger partial charge on any atom is 0.237 e. The van der Waals surface area contributed by atoms with Crippen LogP contribution in [0.15, 0.2) is 41.6 Å². The highest BCUT2D eigenvalue weighted by molar-refractivity contribution is 7.99. The van der Waals surface area contributed by atoms with Crippen molar-refractivity contribution in [3.05, 3.63) is 47.9 Å². The van der Waals surface area contributed by atoms with Crippen molar-refractivity contribution in [3.63, 3.8) is 0 Å². The number of aromatic nitrogens is 2. The van der Waals surface area contributed by atoms with Gasteiger partial charge in [-0.05, 0) is 19.1 Å². The lowest BCUT2D eigenvalue weighted by Crippen LogP contribution is -2.30. The van der Waals surface area contributed by atoms with Crippen LogP contribution in [0.5, 0.6) is 5.88 Å². The van der Waals surface area contributed by atoms with Gasteiger partial charge in [-0.3, -0.25) is 16.3 Å². The maximum atomic E-state index is 5.64. The van der Waals surface area contributed by atoms with E-state index in [1.165, 1.54) is 10.5 Å². The summed E-state index contributed by atoms with van der Waals surface area (Å²) in [5.41, 5.74) is 4.73. The Bertz CT molecular complexity index is 564. The normalized spacial score (nSPS) is 12.2. The van der Waals surface area contributed by atoms with Crippen molar-refractivity contribution in [2.45, 2.75) is 17.9 Å². The summed E-state index contributed by atoms with van der Waals surface area (Å²) in [4.78, 5) is 9.65. The third kappa shape index (κ3) is 3.69. The second kappa shape index (κ2) is 7.23. The van der Waals surface area contributed by atoms with Gasteiger partial charge in [-0.15, -0.1) is 11.8 Å². The molecule has 0 radical (unpaired) electrons. The van der Waals surface area contributed by atoms with Gasteiger partial charge in [-0.25, -0.2) is 4.98 Å². The number of hydrogen-bond donors (Lipinski definition) is 2. The van der Waals surface area contributed by atoms with Gasteiger partial charge >= 0.3 is 0 Å². The standard InChI is InChI=1S/C14H18N4OS/c1-10-4-3-5-11(8-10)20-9-12(18-15)13-14(19-2)17-7-6-16-13/h3-8,12,18H,9,15H2,1-2H3. The van der Waals surface area contributed by atoms with E-state index in [0.29, 0.717) is 5.88 Å². The lowest BCUT2D eigenvalue weighted by molar-refractivity contribution is 0.381. The molecule has 0 amide bonds. The Morgan fingerprint density at radius 3 is 2.85 bits per heavy atom. The van der Waals surface area contributed by atoms with E-state index >= 15 is 0 Å². The molecule has 1 atom stereocenters. The zero-order valence-corrected chi connectivity index (χ0v) is 12.4. The fourth-order valence-electron chi connectivity index (χ4n) is 1.82. The summed E-state index contributed by atoms with van der Waals surface area (Å²) in [6.07, 6.45) is 3.24. The Kier molecular flexibility index (Phi) is 5.34. The van der Waals surface area contributed by atoms with E-state index in [1.54, 1.807) is 31.3 Å². The number of hydrazine groups is 1. The highest BCUT2D eigenvalue weighted by Gasteiger charge is 2.17. The zero-order valence-electron chi connectivity index (χ0n) is 11.5. The quantitative estimate of drug-likeness (QED) is 0.482. The van der Waals surface area contributed by atoms with Gasteiger partial charge < -0.3 is 4.74 Å². The minimum Gasteiger partial charge on any atom is -0.480 e. The Morgan fingerprint density at radius 2 is 2.15 bits per heavy atom. The Hall–Kier alpha value is -1.63. The fraction of sp³-hybridized carbons (Fsp3) is 0.286. The average Bonchev–Trinajstić information content (AvgIpc) is 2.48. The summed E-state index contributed by atoms with van der Waals surface area (Å²) >= 11 is 1.72. The van der Waals surface area contributed by atoms with E-state index in [2.05, 4.69) is 40.5 Å². The Balaban J connectivity index is 2.09. The molecule has 6 heteroatoms. The molecule has 1 heterocycles. The molecule has 1 unspecified atom stereocenters. The van der Waals surface area contributed by atoms with Gasteiger partial charge in [0, 0.05) is 23.0 Å². The van der Waals surface area contributed by atoms with Crippen molar-refractivity contribution in [1.29, 1.82) is 0 Å². The number of nitrogens with zero attached hydrogens (tertiary/aromatic N) is 2. The summed E-state index contributed by atoms with van der Waals surface area (Å²) in [7, 11) is 1.58. The molecule has 0 saturated carbocycles. The number of hydrogen-bond acceptors (Lipinski definition) is 6. The predicted molar refractivity (Wildman–Crippen MR) is 80.6 cm³/mol. The van der Waals surface area contributed by atoms with Gasteiger partial charge in [0.25, 0.3) is 0 Å². The number of methoxy groups -OCH3 is 1. The third-order valence-corrected chi connectivity index (χ3v) is 3.91. The molecule has 5 nitrogen and oxygen atoms in total. The van der Waals surface area contributed by atoms with Gasteiger partial charge in [0.2, 0.25) is 5.88 Å². The van der Waals surface area contributed by atoms with Gasteiger partial charge in [0.1, 0.15) is 5.69 Å². The fourth-order valence-corrected chi connectivity index (χ4v) is 2.88. The third-order valence-electron chi connectivity index (χ3n) is 2.82. The Morgan fingerprint density at radius 1 is 1.35 bits per heavy atom. The van der Waals surface area contributed by atoms with Gasteiger partial charge in [0.05, 0.1) is 13.2 Å². The second-order valence-electron chi connectivity index (χ2n) is 4.30. The monoisotopic (exact) mass is 290 g/mol. The summed E-state index contributed by atoms with van der Waals surface area (Å²) in [5, 5.41) is 0. The molecule has 0 aliphatic carbocycles. The largest absolute Gasteiger partial charge is 0.480 e. The Labute approximate surface area is 122 Å². The molecular weight excluding hydrogens is 272 g/mol. The second-order valence-corrected chi connectivity index (χ2v) is 5.39. The number of nitrogens with one attached hydrogen (secondary N) is 1. The molecule has 2 rings (SSSR count). The van der Waals surface area contributed by atoms with Gasteiger partial charge in [-0.2, -0.15) is 0 Å². The number of thioether (sulfide) groups is 1. The van der Waals surface area contributed by atoms with Crippen LogP contribution in [-0.4, -0.2) is 22.8 Å². The van der Waals surface area contributed by atoms with E-state index in [0.717, 1.165) is 11.4 Å². The molecule has 0 spiro atoms. The van der Waals surface area contributed by atoms with Crippen LogP contribution >= 0.6 is 11.8 Å². The molecule has 0 fully saturated rings. The number of ether oxygens (including phenoxy) is 1. The van der Waals surface area contributed by atoms with E-state index in [1.807, 2.05) is 6.07 Å². The van der Waals surface area contributed by atoms with Crippen LogP contribution < -0.4 is 16.0 Å². The molecule has 0 saturated heterocycles. The van der Waals surface area contributed by atoms with Crippen molar-refractivity contribution >= 4 is 11.8 Å². The molecule has 20 heavy (non-hydrogen) atoms. The number of aryl methyl sites for hydroxylation is 1. The van der Waals surface area contributed by atoms with E-state index < -0.39 is 0 Å². The van der Waals surface area contributed by atoms with Crippen LogP contribution in [0.3, 0.4) is 0 Å². The van der Waals surface area contributed by atoms with E-state index in [4.69, 9.17) is 10.6 Å². The molecular formula is C14H18N4OS. The highest BCUT2D eigenvalue weighted by atomic mass is 32.2. The van der Waals surface area contributed by atoms with Crippen LogP contribution in [0, 0.1) is 6.92 Å². The summed E-state index contributed by atoms with van der Waals surface area (Å²) in [5.74, 6) is 6.88. The minimum absolute atomic E-state index is 0.121. The van der Waals surface area contributed by atoms with Crippen molar-refractivity contribution < 1.29 is 4.74 Å². The highest BCUT2D eigenvalue weighted by Crippen LogP contribution is 2.27. The summed E-state index contributed by atoms with van der Waals surface area (Å²) in [6, 6.07) is 8.23. The van der Waals surface area contributed by atoms with Crippen LogP contribution in [0.25, 0.3) is 0 Å². The van der Waals surface area contributed by atoms with E-state index in [-0.39, 0.29) is 6.04 Å². The van der Waals surface area contributed by atoms with Crippen LogP contribution in [-0.2, 0) is 0 Å². The molecule has 0 aliphatic heterocycles.